The molecule has 0 aromatic rings. The van der Waals surface area contributed by atoms with Crippen LogP contribution in [-0.4, -0.2) is 30.6 Å². The predicted octanol–water partition coefficient (Wildman–Crippen LogP) is 8.08. The molecule has 0 fully saturated rings. The maximum Gasteiger partial charge on any atom is 0.0594 e. The van der Waals surface area contributed by atoms with Crippen molar-refractivity contribution in [3.63, 3.8) is 0 Å². The fourth-order valence-electron chi connectivity index (χ4n) is 4.14. The van der Waals surface area contributed by atoms with Crippen LogP contribution in [0.25, 0.3) is 0 Å². The Labute approximate surface area is 185 Å². The zero-order chi connectivity index (χ0) is 22.2. The average molecular weight is 431 g/mol. The van der Waals surface area contributed by atoms with Crippen LogP contribution in [-0.2, 0) is 4.79 Å². The Kier molecular flexibility index (Phi) is 25.9. The monoisotopic (exact) mass is 430 g/mol. The summed E-state index contributed by atoms with van der Waals surface area (Å²) in [5.74, 6) is -1.08. The molecule has 0 aliphatic rings. The largest absolute Gasteiger partial charge is 0.550 e. The SMILES string of the molecule is CC(=O)[O-].CCCCCCCCCCCCCCCCCC[P+](CC)(CC)CC. The topological polar surface area (TPSA) is 40.1 Å². The van der Waals surface area contributed by atoms with Crippen LogP contribution >= 0.6 is 7.26 Å². The maximum absolute atomic E-state index is 8.89. The van der Waals surface area contributed by atoms with Crippen LogP contribution < -0.4 is 5.11 Å². The minimum Gasteiger partial charge on any atom is -0.550 e. The summed E-state index contributed by atoms with van der Waals surface area (Å²) >= 11 is 0. The molecule has 0 saturated heterocycles. The molecule has 0 unspecified atom stereocenters. The van der Waals surface area contributed by atoms with Crippen LogP contribution in [0.2, 0.25) is 0 Å². The van der Waals surface area contributed by atoms with Gasteiger partial charge in [0.05, 0.1) is 24.6 Å². The minimum absolute atomic E-state index is 0.527. The summed E-state index contributed by atoms with van der Waals surface area (Å²) in [4.78, 5) is 8.89. The van der Waals surface area contributed by atoms with Crippen molar-refractivity contribution < 1.29 is 9.90 Å². The van der Waals surface area contributed by atoms with E-state index in [1.807, 2.05) is 0 Å². The lowest BCUT2D eigenvalue weighted by Gasteiger charge is -2.23. The fraction of sp³-hybridized carbons (Fsp3) is 0.962. The molecule has 0 spiro atoms. The summed E-state index contributed by atoms with van der Waals surface area (Å²) in [7, 11) is -0.527. The first-order valence-corrected chi connectivity index (χ1v) is 15.5. The maximum atomic E-state index is 8.89. The number of unbranched alkanes of at least 4 members (excludes halogenated alkanes) is 15. The first-order valence-electron chi connectivity index (χ1n) is 13.0. The number of hydrogen-bond acceptors (Lipinski definition) is 2. The second kappa shape index (κ2) is 24.2. The molecule has 0 rings (SSSR count). The zero-order valence-corrected chi connectivity index (χ0v) is 21.8. The lowest BCUT2D eigenvalue weighted by atomic mass is 10.0. The third-order valence-electron chi connectivity index (χ3n) is 6.50. The highest BCUT2D eigenvalue weighted by Gasteiger charge is 2.29. The van der Waals surface area contributed by atoms with Gasteiger partial charge in [0.15, 0.2) is 0 Å². The molecule has 0 aliphatic heterocycles. The first kappa shape index (κ1) is 31.1. The number of aliphatic carboxylic acids is 1. The van der Waals surface area contributed by atoms with Crippen LogP contribution in [0.1, 0.15) is 137 Å². The van der Waals surface area contributed by atoms with Crippen molar-refractivity contribution in [2.75, 3.05) is 24.6 Å². The Morgan fingerprint density at radius 3 is 1.03 bits per heavy atom. The lowest BCUT2D eigenvalue weighted by Crippen LogP contribution is -2.16. The zero-order valence-electron chi connectivity index (χ0n) is 20.9. The normalized spacial score (nSPS) is 11.2. The third-order valence-corrected chi connectivity index (χ3v) is 11.8. The molecule has 0 amide bonds. The lowest BCUT2D eigenvalue weighted by molar-refractivity contribution is -0.302. The van der Waals surface area contributed by atoms with E-state index in [0.29, 0.717) is 0 Å². The van der Waals surface area contributed by atoms with Crippen LogP contribution in [0.3, 0.4) is 0 Å². The molecule has 0 radical (unpaired) electrons. The van der Waals surface area contributed by atoms with Crippen LogP contribution in [0, 0.1) is 0 Å². The van der Waals surface area contributed by atoms with E-state index in [2.05, 4.69) is 27.7 Å². The van der Waals surface area contributed by atoms with Gasteiger partial charge in [-0.15, -0.1) is 0 Å². The van der Waals surface area contributed by atoms with Crippen LogP contribution in [0.15, 0.2) is 0 Å². The Bertz CT molecular complexity index is 314. The fourth-order valence-corrected chi connectivity index (χ4v) is 7.33. The standard InChI is InChI=1S/C24H52P.C2H4O2/c1-5-9-10-11-12-13-14-15-16-17-18-19-20-21-22-23-24-25(6-2,7-3)8-4;1-2(3)4/h5-24H2,1-4H3;1H3,(H,3,4)/q+1;/p-1. The van der Waals surface area contributed by atoms with Crippen molar-refractivity contribution in [3.8, 4) is 0 Å². The Morgan fingerprint density at radius 2 is 0.793 bits per heavy atom. The van der Waals surface area contributed by atoms with Gasteiger partial charge in [-0.1, -0.05) is 96.8 Å². The Hall–Kier alpha value is -0.100. The Balaban J connectivity index is 0. The molecule has 0 aliphatic carbocycles. The van der Waals surface area contributed by atoms with Gasteiger partial charge in [0.1, 0.15) is 0 Å². The highest BCUT2D eigenvalue weighted by molar-refractivity contribution is 7.75. The van der Waals surface area contributed by atoms with E-state index in [1.165, 1.54) is 121 Å². The van der Waals surface area contributed by atoms with Crippen LogP contribution in [0.5, 0.6) is 0 Å². The molecule has 29 heavy (non-hydrogen) atoms. The molecule has 0 N–H and O–H groups in total. The molecular weight excluding hydrogens is 375 g/mol. The molecule has 176 valence electrons. The summed E-state index contributed by atoms with van der Waals surface area (Å²) in [5.41, 5.74) is 0. The predicted molar refractivity (Wildman–Crippen MR) is 134 cm³/mol. The summed E-state index contributed by atoms with van der Waals surface area (Å²) in [6.07, 6.45) is 29.7. The molecule has 0 heterocycles. The first-order chi connectivity index (χ1) is 14.0. The van der Waals surface area contributed by atoms with Crippen molar-refractivity contribution >= 4 is 13.2 Å². The quantitative estimate of drug-likeness (QED) is 0.145. The van der Waals surface area contributed by atoms with E-state index >= 15 is 0 Å². The van der Waals surface area contributed by atoms with Crippen molar-refractivity contribution in [1.29, 1.82) is 0 Å². The summed E-state index contributed by atoms with van der Waals surface area (Å²) < 4.78 is 0. The molecule has 0 bridgehead atoms. The number of carboxylic acid groups (broad SMARTS) is 1. The Morgan fingerprint density at radius 1 is 0.552 bits per heavy atom. The molecule has 0 atom stereocenters. The number of carbonyl (C=O) groups excluding carboxylic acids is 1. The van der Waals surface area contributed by atoms with Crippen molar-refractivity contribution in [2.45, 2.75) is 137 Å². The van der Waals surface area contributed by atoms with E-state index in [0.717, 1.165) is 6.92 Å². The van der Waals surface area contributed by atoms with Crippen molar-refractivity contribution in [3.05, 3.63) is 0 Å². The molecule has 0 aromatic heterocycles. The molecular formula is C26H55O2P. The third kappa shape index (κ3) is 24.0. The number of carbonyl (C=O) groups is 1. The van der Waals surface area contributed by atoms with Crippen molar-refractivity contribution in [2.24, 2.45) is 0 Å². The van der Waals surface area contributed by atoms with Gasteiger partial charge < -0.3 is 9.90 Å². The van der Waals surface area contributed by atoms with E-state index in [-0.39, 0.29) is 0 Å². The highest BCUT2D eigenvalue weighted by atomic mass is 31.2. The molecule has 0 saturated carbocycles. The summed E-state index contributed by atoms with van der Waals surface area (Å²) in [5, 5.41) is 8.89. The number of rotatable bonds is 20. The summed E-state index contributed by atoms with van der Waals surface area (Å²) in [6.45, 7) is 10.6. The van der Waals surface area contributed by atoms with Gasteiger partial charge >= 0.3 is 0 Å². The second-order valence-electron chi connectivity index (χ2n) is 8.81. The van der Waals surface area contributed by atoms with Gasteiger partial charge in [0.25, 0.3) is 0 Å². The van der Waals surface area contributed by atoms with E-state index in [4.69, 9.17) is 9.90 Å². The number of carboxylic acids is 1. The smallest absolute Gasteiger partial charge is 0.0594 e. The van der Waals surface area contributed by atoms with Crippen LogP contribution in [0.4, 0.5) is 0 Å². The van der Waals surface area contributed by atoms with E-state index in [1.54, 1.807) is 6.16 Å². The van der Waals surface area contributed by atoms with Gasteiger partial charge in [0, 0.05) is 13.2 Å². The van der Waals surface area contributed by atoms with Gasteiger partial charge in [-0.2, -0.15) is 0 Å². The molecule has 2 nitrogen and oxygen atoms in total. The van der Waals surface area contributed by atoms with Gasteiger partial charge in [0.2, 0.25) is 0 Å². The minimum atomic E-state index is -1.08. The molecule has 0 aromatic carbocycles. The highest BCUT2D eigenvalue weighted by Crippen LogP contribution is 2.58. The number of hydrogen-bond donors (Lipinski definition) is 0. The average Bonchev–Trinajstić information content (AvgIpc) is 2.70. The van der Waals surface area contributed by atoms with Gasteiger partial charge in [-0.25, -0.2) is 0 Å². The van der Waals surface area contributed by atoms with Gasteiger partial charge in [-0.3, -0.25) is 0 Å². The van der Waals surface area contributed by atoms with E-state index in [9.17, 15) is 0 Å². The second-order valence-corrected chi connectivity index (χ2v) is 13.8. The summed E-state index contributed by atoms with van der Waals surface area (Å²) in [6, 6.07) is 0. The van der Waals surface area contributed by atoms with E-state index < -0.39 is 13.2 Å². The van der Waals surface area contributed by atoms with Crippen molar-refractivity contribution in [1.82, 2.24) is 0 Å². The van der Waals surface area contributed by atoms with Gasteiger partial charge in [-0.05, 0) is 40.5 Å². The molecule has 3 heteroatoms.